The van der Waals surface area contributed by atoms with Crippen molar-refractivity contribution in [2.45, 2.75) is 77.3 Å². The first-order chi connectivity index (χ1) is 16.3. The largest absolute Gasteiger partial charge is 1.00 e. The van der Waals surface area contributed by atoms with Crippen molar-refractivity contribution in [2.24, 2.45) is 0 Å². The molecule has 1 N–H and O–H groups in total. The minimum Gasteiger partial charge on any atom is -0.423 e. The Morgan fingerprint density at radius 2 is 1.77 bits per heavy atom. The van der Waals surface area contributed by atoms with Crippen molar-refractivity contribution in [3.05, 3.63) is 45.4 Å². The number of anilines is 2. The number of rotatable bonds is 6. The van der Waals surface area contributed by atoms with Crippen molar-refractivity contribution in [3.63, 3.8) is 0 Å². The number of benzene rings is 1. The number of hydrogen-bond acceptors (Lipinski definition) is 5. The van der Waals surface area contributed by atoms with Gasteiger partial charge >= 0.3 is 29.6 Å². The van der Waals surface area contributed by atoms with Gasteiger partial charge in [-0.05, 0) is 93.2 Å². The molecule has 0 bridgehead atoms. The van der Waals surface area contributed by atoms with E-state index in [-0.39, 0.29) is 41.6 Å². The number of hydrogen-bond donors (Lipinski definition) is 1. The first-order valence-electron chi connectivity index (χ1n) is 12.2. The molecule has 0 atom stereocenters. The smallest absolute Gasteiger partial charge is 0.423 e. The molecule has 3 aliphatic rings. The van der Waals surface area contributed by atoms with Gasteiger partial charge < -0.3 is 14.8 Å². The van der Waals surface area contributed by atoms with Crippen LogP contribution in [0.3, 0.4) is 0 Å². The van der Waals surface area contributed by atoms with Gasteiger partial charge in [0.15, 0.2) is 6.03 Å². The van der Waals surface area contributed by atoms with E-state index in [9.17, 15) is 13.2 Å². The van der Waals surface area contributed by atoms with Crippen LogP contribution in [0.2, 0.25) is 0 Å². The van der Waals surface area contributed by atoms with E-state index in [0.29, 0.717) is 31.7 Å². The molecule has 2 heterocycles. The van der Waals surface area contributed by atoms with Crippen molar-refractivity contribution in [2.75, 3.05) is 22.8 Å². The van der Waals surface area contributed by atoms with Crippen LogP contribution in [0, 0.1) is 0 Å². The van der Waals surface area contributed by atoms with Crippen LogP contribution in [0.5, 0.6) is 0 Å². The van der Waals surface area contributed by atoms with Crippen LogP contribution in [0.25, 0.3) is 4.72 Å². The van der Waals surface area contributed by atoms with Gasteiger partial charge in [0.1, 0.15) is 0 Å². The van der Waals surface area contributed by atoms with Gasteiger partial charge in [-0.15, -0.1) is 0 Å². The summed E-state index contributed by atoms with van der Waals surface area (Å²) in [4.78, 5) is 13.0. The molecule has 2 aliphatic carbocycles. The second kappa shape index (κ2) is 10.8. The molecule has 35 heavy (non-hydrogen) atoms. The van der Waals surface area contributed by atoms with Crippen LogP contribution < -0.4 is 39.2 Å². The Labute approximate surface area is 229 Å². The van der Waals surface area contributed by atoms with E-state index in [0.717, 1.165) is 55.3 Å². The topological polar surface area (TPSA) is 108 Å². The standard InChI is InChI=1S/C24H33N5O4S.Na/c1-16(2)28-15-20(14-25-28)29(19-9-11-33-12-10-19)34(31,32)27-24(30)26-23-21-7-3-5-17(21)13-18-6-4-8-22(18)23;/h13-16,19H,3-12H2,1-2H3,(H2,26,27,30);/q;+1/p-1. The molecule has 184 valence electrons. The van der Waals surface area contributed by atoms with E-state index in [1.54, 1.807) is 10.9 Å². The predicted octanol–water partition coefficient (Wildman–Crippen LogP) is 1.28. The van der Waals surface area contributed by atoms with Crippen molar-refractivity contribution in [1.82, 2.24) is 9.78 Å². The van der Waals surface area contributed by atoms with Gasteiger partial charge in [0, 0.05) is 31.5 Å². The minimum atomic E-state index is -4.30. The molecule has 1 aromatic carbocycles. The summed E-state index contributed by atoms with van der Waals surface area (Å²) in [5.74, 6) is 0. The average molecular weight is 510 g/mol. The molecule has 2 amide bonds. The second-order valence-electron chi connectivity index (χ2n) is 9.64. The van der Waals surface area contributed by atoms with Crippen LogP contribution in [0.4, 0.5) is 16.2 Å². The van der Waals surface area contributed by atoms with Crippen molar-refractivity contribution in [3.8, 4) is 0 Å². The van der Waals surface area contributed by atoms with Crippen molar-refractivity contribution in [1.29, 1.82) is 0 Å². The monoisotopic (exact) mass is 509 g/mol. The third-order valence-corrected chi connectivity index (χ3v) is 8.45. The van der Waals surface area contributed by atoms with Gasteiger partial charge in [-0.1, -0.05) is 6.07 Å². The number of urea groups is 1. The van der Waals surface area contributed by atoms with E-state index in [1.807, 2.05) is 13.8 Å². The molecule has 11 heteroatoms. The molecule has 1 aromatic heterocycles. The number of fused-ring (bicyclic) bond motifs is 2. The van der Waals surface area contributed by atoms with Gasteiger partial charge in [0.05, 0.1) is 11.9 Å². The van der Waals surface area contributed by atoms with Crippen LogP contribution in [-0.4, -0.2) is 43.5 Å². The van der Waals surface area contributed by atoms with Gasteiger partial charge in [-0.3, -0.25) is 13.8 Å². The normalized spacial score (nSPS) is 17.6. The molecular formula is C24H32N5NaO4S. The Balaban J connectivity index is 0.00000289. The Hall–Kier alpha value is -1.59. The maximum Gasteiger partial charge on any atom is 1.00 e. The van der Waals surface area contributed by atoms with Crippen LogP contribution in [0.1, 0.15) is 67.8 Å². The second-order valence-corrected chi connectivity index (χ2v) is 11.1. The molecule has 1 saturated heterocycles. The van der Waals surface area contributed by atoms with Crippen molar-refractivity contribution < 1.29 is 47.5 Å². The van der Waals surface area contributed by atoms with Gasteiger partial charge in [-0.25, -0.2) is 8.42 Å². The van der Waals surface area contributed by atoms with E-state index in [4.69, 9.17) is 4.74 Å². The molecule has 1 aliphatic heterocycles. The molecule has 0 saturated carbocycles. The summed E-state index contributed by atoms with van der Waals surface area (Å²) in [6.45, 7) is 4.87. The number of nitrogens with one attached hydrogen (secondary N) is 1. The summed E-state index contributed by atoms with van der Waals surface area (Å²) in [5.41, 5.74) is 6.02. The molecule has 0 radical (unpaired) electrons. The van der Waals surface area contributed by atoms with E-state index in [1.165, 1.54) is 21.6 Å². The van der Waals surface area contributed by atoms with E-state index >= 15 is 0 Å². The number of ether oxygens (including phenoxy) is 1. The summed E-state index contributed by atoms with van der Waals surface area (Å²) in [7, 11) is -4.30. The zero-order valence-electron chi connectivity index (χ0n) is 20.8. The van der Waals surface area contributed by atoms with Gasteiger partial charge in [0.2, 0.25) is 0 Å². The van der Waals surface area contributed by atoms with E-state index in [2.05, 4.69) is 21.2 Å². The zero-order chi connectivity index (χ0) is 23.9. The summed E-state index contributed by atoms with van der Waals surface area (Å²) < 4.78 is 39.1. The SMILES string of the molecule is CC(C)n1cc(N(C2CCOCC2)S(=O)(=O)[N-]C(=O)Nc2c3c(cc4c2CCC4)CCC3)cn1.[Na+]. The fourth-order valence-electron chi connectivity index (χ4n) is 5.42. The quantitative estimate of drug-likeness (QED) is 0.591. The maximum atomic E-state index is 13.5. The first-order valence-corrected chi connectivity index (χ1v) is 13.6. The summed E-state index contributed by atoms with van der Waals surface area (Å²) in [5, 5.41) is 7.18. The average Bonchev–Trinajstić information content (AvgIpc) is 3.54. The molecule has 0 spiro atoms. The molecule has 1 fully saturated rings. The summed E-state index contributed by atoms with van der Waals surface area (Å²) >= 11 is 0. The number of aromatic nitrogens is 2. The molecule has 5 rings (SSSR count). The predicted molar refractivity (Wildman–Crippen MR) is 131 cm³/mol. The van der Waals surface area contributed by atoms with Crippen LogP contribution >= 0.6 is 0 Å². The Morgan fingerprint density at radius 1 is 1.14 bits per heavy atom. The number of carbonyl (C=O) groups is 1. The Bertz CT molecular complexity index is 1160. The zero-order valence-corrected chi connectivity index (χ0v) is 23.6. The summed E-state index contributed by atoms with van der Waals surface area (Å²) in [6, 6.07) is 1.16. The van der Waals surface area contributed by atoms with Crippen LogP contribution in [0.15, 0.2) is 18.5 Å². The Morgan fingerprint density at radius 3 is 2.34 bits per heavy atom. The number of nitrogens with zero attached hydrogens (tertiary/aromatic N) is 4. The van der Waals surface area contributed by atoms with Crippen LogP contribution in [-0.2, 0) is 40.6 Å². The minimum absolute atomic E-state index is 0. The first kappa shape index (κ1) is 26.5. The van der Waals surface area contributed by atoms with E-state index < -0.39 is 16.2 Å². The van der Waals surface area contributed by atoms with Crippen molar-refractivity contribution >= 4 is 27.6 Å². The number of amides is 2. The number of aryl methyl sites for hydroxylation is 2. The number of carbonyl (C=O) groups excluding carboxylic acids is 1. The third kappa shape index (κ3) is 5.41. The molecular weight excluding hydrogens is 477 g/mol. The fraction of sp³-hybridized carbons (Fsp3) is 0.583. The van der Waals surface area contributed by atoms with Gasteiger partial charge in [-0.2, -0.15) is 5.10 Å². The molecule has 9 nitrogen and oxygen atoms in total. The molecule has 0 unspecified atom stereocenters. The third-order valence-electron chi connectivity index (χ3n) is 7.05. The summed E-state index contributed by atoms with van der Waals surface area (Å²) in [6.07, 6.45) is 10.2. The fourth-order valence-corrected chi connectivity index (χ4v) is 6.71. The molecule has 2 aromatic rings. The Kier molecular flexibility index (Phi) is 8.17. The van der Waals surface area contributed by atoms with Gasteiger partial charge in [0.25, 0.3) is 10.2 Å². The maximum absolute atomic E-state index is 13.5.